The van der Waals surface area contributed by atoms with Crippen molar-refractivity contribution in [2.24, 2.45) is 5.92 Å². The minimum absolute atomic E-state index is 0.0938. The molecule has 0 aromatic carbocycles. The van der Waals surface area contributed by atoms with Crippen LogP contribution in [0.5, 0.6) is 0 Å². The van der Waals surface area contributed by atoms with Crippen LogP contribution in [0.3, 0.4) is 0 Å². The van der Waals surface area contributed by atoms with Crippen molar-refractivity contribution in [1.82, 2.24) is 4.98 Å². The second kappa shape index (κ2) is 5.05. The van der Waals surface area contributed by atoms with Crippen molar-refractivity contribution in [3.63, 3.8) is 0 Å². The molecule has 94 valence electrons. The number of aliphatic hydroxyl groups is 1. The Morgan fingerprint density at radius 3 is 2.65 bits per heavy atom. The average molecular weight is 234 g/mol. The summed E-state index contributed by atoms with van der Waals surface area (Å²) in [6.45, 7) is 7.60. The summed E-state index contributed by atoms with van der Waals surface area (Å²) in [4.78, 5) is 7.01. The molecule has 0 radical (unpaired) electrons. The summed E-state index contributed by atoms with van der Waals surface area (Å²) in [7, 11) is 0. The van der Waals surface area contributed by atoms with Crippen molar-refractivity contribution in [2.75, 3.05) is 11.4 Å². The fourth-order valence-electron chi connectivity index (χ4n) is 2.17. The largest absolute Gasteiger partial charge is 0.392 e. The standard InChI is InChI=1S/C14H22N2O/c1-10(2)8-16(13-4-5-13)14-7-12(9-17)6-11(3)15-14/h6-7,10,13,17H,4-5,8-9H2,1-3H3. The van der Waals surface area contributed by atoms with E-state index in [2.05, 4.69) is 23.7 Å². The molecule has 1 N–H and O–H groups in total. The molecule has 0 aliphatic heterocycles. The van der Waals surface area contributed by atoms with Gasteiger partial charge in [-0.25, -0.2) is 4.98 Å². The Morgan fingerprint density at radius 2 is 2.12 bits per heavy atom. The van der Waals surface area contributed by atoms with E-state index in [4.69, 9.17) is 0 Å². The zero-order valence-corrected chi connectivity index (χ0v) is 11.0. The normalized spacial score (nSPS) is 15.4. The molecule has 3 nitrogen and oxygen atoms in total. The number of aryl methyl sites for hydroxylation is 1. The van der Waals surface area contributed by atoms with Crippen molar-refractivity contribution in [3.05, 3.63) is 23.4 Å². The van der Waals surface area contributed by atoms with Crippen molar-refractivity contribution >= 4 is 5.82 Å². The second-order valence-electron chi connectivity index (χ2n) is 5.41. The van der Waals surface area contributed by atoms with Gasteiger partial charge in [0.25, 0.3) is 0 Å². The number of aliphatic hydroxyl groups excluding tert-OH is 1. The molecular formula is C14H22N2O. The van der Waals surface area contributed by atoms with Crippen molar-refractivity contribution in [3.8, 4) is 0 Å². The van der Waals surface area contributed by atoms with E-state index in [1.54, 1.807) is 0 Å². The van der Waals surface area contributed by atoms with Gasteiger partial charge in [-0.1, -0.05) is 13.8 Å². The molecule has 1 heterocycles. The lowest BCUT2D eigenvalue weighted by atomic mass is 10.2. The summed E-state index contributed by atoms with van der Waals surface area (Å²) in [6.07, 6.45) is 2.55. The number of aromatic nitrogens is 1. The van der Waals surface area contributed by atoms with Crippen LogP contribution in [-0.4, -0.2) is 22.7 Å². The second-order valence-corrected chi connectivity index (χ2v) is 5.41. The van der Waals surface area contributed by atoms with Gasteiger partial charge in [0, 0.05) is 18.3 Å². The number of hydrogen-bond acceptors (Lipinski definition) is 3. The molecule has 1 fully saturated rings. The number of anilines is 1. The Bertz CT molecular complexity index is 386. The molecule has 1 aromatic rings. The molecule has 1 saturated carbocycles. The van der Waals surface area contributed by atoms with E-state index in [9.17, 15) is 5.11 Å². The van der Waals surface area contributed by atoms with E-state index in [1.165, 1.54) is 12.8 Å². The average Bonchev–Trinajstić information content (AvgIpc) is 3.08. The minimum Gasteiger partial charge on any atom is -0.392 e. The Hall–Kier alpha value is -1.09. The van der Waals surface area contributed by atoms with Crippen LogP contribution in [-0.2, 0) is 6.61 Å². The topological polar surface area (TPSA) is 36.4 Å². The summed E-state index contributed by atoms with van der Waals surface area (Å²) in [5.41, 5.74) is 1.95. The van der Waals surface area contributed by atoms with Crippen LogP contribution in [0, 0.1) is 12.8 Å². The maximum absolute atomic E-state index is 9.26. The number of pyridine rings is 1. The molecule has 3 heteroatoms. The van der Waals surface area contributed by atoms with E-state index in [-0.39, 0.29) is 6.61 Å². The van der Waals surface area contributed by atoms with Gasteiger partial charge in [0.05, 0.1) is 6.61 Å². The summed E-state index contributed by atoms with van der Waals surface area (Å²) in [6, 6.07) is 4.63. The first kappa shape index (κ1) is 12.4. The highest BCUT2D eigenvalue weighted by Gasteiger charge is 2.30. The third-order valence-electron chi connectivity index (χ3n) is 3.03. The monoisotopic (exact) mass is 234 g/mol. The van der Waals surface area contributed by atoms with Gasteiger partial charge in [0.15, 0.2) is 0 Å². The molecule has 0 bridgehead atoms. The van der Waals surface area contributed by atoms with Gasteiger partial charge < -0.3 is 10.0 Å². The molecular weight excluding hydrogens is 212 g/mol. The van der Waals surface area contributed by atoms with Gasteiger partial charge in [-0.3, -0.25) is 0 Å². The predicted octanol–water partition coefficient (Wildman–Crippen LogP) is 2.51. The van der Waals surface area contributed by atoms with Gasteiger partial charge in [-0.2, -0.15) is 0 Å². The zero-order valence-electron chi connectivity index (χ0n) is 11.0. The highest BCUT2D eigenvalue weighted by molar-refractivity contribution is 5.45. The Labute approximate surface area is 103 Å². The van der Waals surface area contributed by atoms with Gasteiger partial charge in [-0.15, -0.1) is 0 Å². The van der Waals surface area contributed by atoms with Gasteiger partial charge in [-0.05, 0) is 43.4 Å². The number of hydrogen-bond donors (Lipinski definition) is 1. The molecule has 17 heavy (non-hydrogen) atoms. The summed E-state index contributed by atoms with van der Waals surface area (Å²) < 4.78 is 0. The molecule has 0 amide bonds. The molecule has 0 spiro atoms. The third kappa shape index (κ3) is 3.19. The first-order valence-corrected chi connectivity index (χ1v) is 6.45. The van der Waals surface area contributed by atoms with Gasteiger partial charge >= 0.3 is 0 Å². The molecule has 1 aromatic heterocycles. The third-order valence-corrected chi connectivity index (χ3v) is 3.03. The fourth-order valence-corrected chi connectivity index (χ4v) is 2.17. The molecule has 0 saturated heterocycles. The van der Waals surface area contributed by atoms with E-state index in [0.29, 0.717) is 12.0 Å². The lowest BCUT2D eigenvalue weighted by Gasteiger charge is -2.26. The van der Waals surface area contributed by atoms with E-state index < -0.39 is 0 Å². The molecule has 0 atom stereocenters. The summed E-state index contributed by atoms with van der Waals surface area (Å²) in [5.74, 6) is 1.67. The minimum atomic E-state index is 0.0938. The first-order valence-electron chi connectivity index (χ1n) is 6.45. The number of rotatable bonds is 5. The highest BCUT2D eigenvalue weighted by atomic mass is 16.3. The summed E-state index contributed by atoms with van der Waals surface area (Å²) >= 11 is 0. The Balaban J connectivity index is 2.25. The first-order chi connectivity index (χ1) is 8.10. The SMILES string of the molecule is Cc1cc(CO)cc(N(CC(C)C)C2CC2)n1. The molecule has 0 unspecified atom stereocenters. The number of nitrogens with zero attached hydrogens (tertiary/aromatic N) is 2. The van der Waals surface area contributed by atoms with Crippen molar-refractivity contribution in [2.45, 2.75) is 46.3 Å². The smallest absolute Gasteiger partial charge is 0.129 e. The van der Waals surface area contributed by atoms with Crippen LogP contribution in [0.1, 0.15) is 37.9 Å². The van der Waals surface area contributed by atoms with Crippen LogP contribution >= 0.6 is 0 Å². The van der Waals surface area contributed by atoms with E-state index >= 15 is 0 Å². The van der Waals surface area contributed by atoms with Crippen LogP contribution in [0.2, 0.25) is 0 Å². The lowest BCUT2D eigenvalue weighted by Crippen LogP contribution is -2.30. The zero-order chi connectivity index (χ0) is 12.4. The molecule has 2 rings (SSSR count). The van der Waals surface area contributed by atoms with Crippen LogP contribution < -0.4 is 4.90 Å². The van der Waals surface area contributed by atoms with Crippen LogP contribution in [0.4, 0.5) is 5.82 Å². The fraction of sp³-hybridized carbons (Fsp3) is 0.643. The van der Waals surface area contributed by atoms with Gasteiger partial charge in [0.1, 0.15) is 5.82 Å². The quantitative estimate of drug-likeness (QED) is 0.850. The highest BCUT2D eigenvalue weighted by Crippen LogP contribution is 2.31. The van der Waals surface area contributed by atoms with Crippen LogP contribution in [0.15, 0.2) is 12.1 Å². The van der Waals surface area contributed by atoms with E-state index in [1.807, 2.05) is 19.1 Å². The van der Waals surface area contributed by atoms with Crippen molar-refractivity contribution in [1.29, 1.82) is 0 Å². The van der Waals surface area contributed by atoms with E-state index in [0.717, 1.165) is 23.6 Å². The maximum atomic E-state index is 9.26. The summed E-state index contributed by atoms with van der Waals surface area (Å²) in [5, 5.41) is 9.26. The van der Waals surface area contributed by atoms with Crippen molar-refractivity contribution < 1.29 is 5.11 Å². The maximum Gasteiger partial charge on any atom is 0.129 e. The van der Waals surface area contributed by atoms with Crippen LogP contribution in [0.25, 0.3) is 0 Å². The Morgan fingerprint density at radius 1 is 1.41 bits per heavy atom. The molecule has 1 aliphatic carbocycles. The lowest BCUT2D eigenvalue weighted by molar-refractivity contribution is 0.281. The molecule has 1 aliphatic rings. The Kier molecular flexibility index (Phi) is 3.67. The van der Waals surface area contributed by atoms with Gasteiger partial charge in [0.2, 0.25) is 0 Å². The predicted molar refractivity (Wildman–Crippen MR) is 70.1 cm³/mol.